The van der Waals surface area contributed by atoms with Crippen LogP contribution in [-0.2, 0) is 9.53 Å². The SMILES string of the molecule is C=CCN1C(=O)N/C(=C/c2ccc(C(=O)OC)cc2)C1=O. The van der Waals surface area contributed by atoms with Crippen LogP contribution >= 0.6 is 0 Å². The number of methoxy groups -OCH3 is 1. The summed E-state index contributed by atoms with van der Waals surface area (Å²) in [4.78, 5) is 36.0. The van der Waals surface area contributed by atoms with Gasteiger partial charge >= 0.3 is 12.0 Å². The number of imide groups is 1. The van der Waals surface area contributed by atoms with Crippen LogP contribution in [0.25, 0.3) is 6.08 Å². The molecule has 108 valence electrons. The second-order valence-electron chi connectivity index (χ2n) is 4.31. The van der Waals surface area contributed by atoms with Crippen molar-refractivity contribution in [3.05, 3.63) is 53.7 Å². The molecule has 1 aromatic carbocycles. The van der Waals surface area contributed by atoms with Crippen LogP contribution in [0.2, 0.25) is 0 Å². The summed E-state index contributed by atoms with van der Waals surface area (Å²) in [7, 11) is 1.30. The number of urea groups is 1. The number of ether oxygens (including phenoxy) is 1. The average molecular weight is 286 g/mol. The van der Waals surface area contributed by atoms with Gasteiger partial charge < -0.3 is 10.1 Å². The minimum absolute atomic E-state index is 0.156. The van der Waals surface area contributed by atoms with E-state index in [1.165, 1.54) is 13.2 Å². The molecule has 21 heavy (non-hydrogen) atoms. The molecule has 0 unspecified atom stereocenters. The molecule has 6 nitrogen and oxygen atoms in total. The standard InChI is InChI=1S/C15H14N2O4/c1-3-8-17-13(18)12(16-15(17)20)9-10-4-6-11(7-5-10)14(19)21-2/h3-7,9H,1,8H2,2H3,(H,16,20)/b12-9+. The molecule has 0 saturated carbocycles. The molecule has 0 aromatic heterocycles. The van der Waals surface area contributed by atoms with Gasteiger partial charge in [0.15, 0.2) is 0 Å². The van der Waals surface area contributed by atoms with Gasteiger partial charge in [-0.15, -0.1) is 6.58 Å². The van der Waals surface area contributed by atoms with E-state index in [1.54, 1.807) is 30.3 Å². The number of nitrogens with one attached hydrogen (secondary N) is 1. The molecule has 0 aliphatic carbocycles. The largest absolute Gasteiger partial charge is 0.465 e. The fourth-order valence-corrected chi connectivity index (χ4v) is 1.87. The van der Waals surface area contributed by atoms with Crippen molar-refractivity contribution in [2.45, 2.75) is 0 Å². The van der Waals surface area contributed by atoms with Crippen LogP contribution in [0.1, 0.15) is 15.9 Å². The maximum atomic E-state index is 12.0. The van der Waals surface area contributed by atoms with Gasteiger partial charge in [-0.2, -0.15) is 0 Å². The van der Waals surface area contributed by atoms with E-state index in [2.05, 4.69) is 16.6 Å². The van der Waals surface area contributed by atoms with Crippen LogP contribution < -0.4 is 5.32 Å². The lowest BCUT2D eigenvalue weighted by molar-refractivity contribution is -0.122. The predicted molar refractivity (Wildman–Crippen MR) is 76.2 cm³/mol. The van der Waals surface area contributed by atoms with E-state index in [0.29, 0.717) is 11.1 Å². The topological polar surface area (TPSA) is 75.7 Å². The first-order valence-electron chi connectivity index (χ1n) is 6.20. The molecule has 1 heterocycles. The van der Waals surface area contributed by atoms with Gasteiger partial charge in [0.25, 0.3) is 5.91 Å². The fourth-order valence-electron chi connectivity index (χ4n) is 1.87. The molecule has 1 N–H and O–H groups in total. The third-order valence-corrected chi connectivity index (χ3v) is 2.92. The highest BCUT2D eigenvalue weighted by Gasteiger charge is 2.32. The number of carbonyl (C=O) groups excluding carboxylic acids is 3. The zero-order chi connectivity index (χ0) is 15.4. The second kappa shape index (κ2) is 6.04. The zero-order valence-electron chi connectivity index (χ0n) is 11.5. The van der Waals surface area contributed by atoms with Gasteiger partial charge in [-0.1, -0.05) is 18.2 Å². The van der Waals surface area contributed by atoms with Gasteiger partial charge in [0.05, 0.1) is 12.7 Å². The number of rotatable bonds is 4. The van der Waals surface area contributed by atoms with Crippen molar-refractivity contribution in [2.75, 3.05) is 13.7 Å². The summed E-state index contributed by atoms with van der Waals surface area (Å²) in [6.07, 6.45) is 3.02. The third-order valence-electron chi connectivity index (χ3n) is 2.92. The molecule has 1 aromatic rings. The molecule has 1 saturated heterocycles. The number of esters is 1. The first-order chi connectivity index (χ1) is 10.1. The Morgan fingerprint density at radius 3 is 2.57 bits per heavy atom. The highest BCUT2D eigenvalue weighted by atomic mass is 16.5. The van der Waals surface area contributed by atoms with E-state index in [-0.39, 0.29) is 12.2 Å². The summed E-state index contributed by atoms with van der Waals surface area (Å²) in [5.41, 5.74) is 1.29. The van der Waals surface area contributed by atoms with Crippen LogP contribution in [0.5, 0.6) is 0 Å². The van der Waals surface area contributed by atoms with Crippen molar-refractivity contribution >= 4 is 24.0 Å². The smallest absolute Gasteiger partial charge is 0.337 e. The number of benzene rings is 1. The van der Waals surface area contributed by atoms with Crippen LogP contribution in [0.3, 0.4) is 0 Å². The Hall–Kier alpha value is -2.89. The molecule has 0 spiro atoms. The lowest BCUT2D eigenvalue weighted by Gasteiger charge is -2.06. The molecule has 1 aliphatic rings. The maximum absolute atomic E-state index is 12.0. The number of hydrogen-bond acceptors (Lipinski definition) is 4. The van der Waals surface area contributed by atoms with E-state index in [9.17, 15) is 14.4 Å². The fraction of sp³-hybridized carbons (Fsp3) is 0.133. The first kappa shape index (κ1) is 14.5. The number of hydrogen-bond donors (Lipinski definition) is 1. The molecule has 1 fully saturated rings. The highest BCUT2D eigenvalue weighted by molar-refractivity contribution is 6.14. The summed E-state index contributed by atoms with van der Waals surface area (Å²) in [6, 6.07) is 6.02. The predicted octanol–water partition coefficient (Wildman–Crippen LogP) is 1.55. The van der Waals surface area contributed by atoms with Crippen LogP contribution in [0, 0.1) is 0 Å². The first-order valence-corrected chi connectivity index (χ1v) is 6.20. The van der Waals surface area contributed by atoms with E-state index in [4.69, 9.17) is 0 Å². The molecule has 0 bridgehead atoms. The van der Waals surface area contributed by atoms with Gasteiger partial charge in [0, 0.05) is 6.54 Å². The Morgan fingerprint density at radius 1 is 1.33 bits per heavy atom. The lowest BCUT2D eigenvalue weighted by atomic mass is 10.1. The Labute approximate surface area is 121 Å². The summed E-state index contributed by atoms with van der Waals surface area (Å²) in [5, 5.41) is 2.49. The van der Waals surface area contributed by atoms with Crippen LogP contribution in [-0.4, -0.2) is 36.5 Å². The molecular weight excluding hydrogens is 272 g/mol. The van der Waals surface area contributed by atoms with Gasteiger partial charge in [0.1, 0.15) is 5.70 Å². The minimum Gasteiger partial charge on any atom is -0.465 e. The van der Waals surface area contributed by atoms with E-state index in [0.717, 1.165) is 4.90 Å². The number of nitrogens with zero attached hydrogens (tertiary/aromatic N) is 1. The van der Waals surface area contributed by atoms with Gasteiger partial charge in [-0.25, -0.2) is 9.59 Å². The van der Waals surface area contributed by atoms with Crippen molar-refractivity contribution in [1.29, 1.82) is 0 Å². The van der Waals surface area contributed by atoms with Gasteiger partial charge in [-0.3, -0.25) is 9.69 Å². The zero-order valence-corrected chi connectivity index (χ0v) is 11.5. The normalized spacial score (nSPS) is 16.0. The second-order valence-corrected chi connectivity index (χ2v) is 4.31. The minimum atomic E-state index is -0.475. The summed E-state index contributed by atoms with van der Waals surface area (Å²) in [6.45, 7) is 3.66. The van der Waals surface area contributed by atoms with E-state index >= 15 is 0 Å². The van der Waals surface area contributed by atoms with E-state index < -0.39 is 17.9 Å². The van der Waals surface area contributed by atoms with Crippen molar-refractivity contribution in [2.24, 2.45) is 0 Å². The van der Waals surface area contributed by atoms with Crippen LogP contribution in [0.4, 0.5) is 4.79 Å². The lowest BCUT2D eigenvalue weighted by Crippen LogP contribution is -2.30. The molecule has 0 atom stereocenters. The van der Waals surface area contributed by atoms with E-state index in [1.807, 2.05) is 0 Å². The van der Waals surface area contributed by atoms with Crippen molar-refractivity contribution < 1.29 is 19.1 Å². The Morgan fingerprint density at radius 2 is 2.00 bits per heavy atom. The summed E-state index contributed by atoms with van der Waals surface area (Å²) in [5.74, 6) is -0.839. The number of amides is 3. The average Bonchev–Trinajstić information content (AvgIpc) is 2.75. The molecule has 6 heteroatoms. The Bertz CT molecular complexity index is 632. The van der Waals surface area contributed by atoms with Crippen molar-refractivity contribution in [3.63, 3.8) is 0 Å². The summed E-state index contributed by atoms with van der Waals surface area (Å²) >= 11 is 0. The van der Waals surface area contributed by atoms with Crippen LogP contribution in [0.15, 0.2) is 42.6 Å². The monoisotopic (exact) mass is 286 g/mol. The quantitative estimate of drug-likeness (QED) is 0.394. The number of carbonyl (C=O) groups is 3. The van der Waals surface area contributed by atoms with Crippen molar-refractivity contribution in [1.82, 2.24) is 10.2 Å². The molecule has 3 amide bonds. The van der Waals surface area contributed by atoms with Gasteiger partial charge in [-0.05, 0) is 23.8 Å². The highest BCUT2D eigenvalue weighted by Crippen LogP contribution is 2.14. The van der Waals surface area contributed by atoms with Gasteiger partial charge in [0.2, 0.25) is 0 Å². The summed E-state index contributed by atoms with van der Waals surface area (Å²) < 4.78 is 4.60. The molecule has 0 radical (unpaired) electrons. The maximum Gasteiger partial charge on any atom is 0.337 e. The van der Waals surface area contributed by atoms with Crippen molar-refractivity contribution in [3.8, 4) is 0 Å². The molecular formula is C15H14N2O4. The molecule has 2 rings (SSSR count). The Balaban J connectivity index is 2.20. The Kier molecular flexibility index (Phi) is 4.18. The third kappa shape index (κ3) is 3.00. The molecule has 1 aliphatic heterocycles.